The predicted octanol–water partition coefficient (Wildman–Crippen LogP) is 4.33. The summed E-state index contributed by atoms with van der Waals surface area (Å²) in [5, 5.41) is 0. The van der Waals surface area contributed by atoms with Gasteiger partial charge in [-0.3, -0.25) is 0 Å². The molecule has 1 aromatic carbocycles. The Kier molecular flexibility index (Phi) is 5.89. The lowest BCUT2D eigenvalue weighted by Crippen LogP contribution is -1.85. The van der Waals surface area contributed by atoms with Crippen LogP contribution < -0.4 is 0 Å². The molecule has 15 heavy (non-hydrogen) atoms. The van der Waals surface area contributed by atoms with E-state index in [0.29, 0.717) is 5.88 Å². The highest BCUT2D eigenvalue weighted by Gasteiger charge is 1.95. The average Bonchev–Trinajstić information content (AvgIpc) is 2.16. The van der Waals surface area contributed by atoms with Crippen molar-refractivity contribution in [1.82, 2.24) is 0 Å². The first-order valence-electron chi connectivity index (χ1n) is 5.08. The van der Waals surface area contributed by atoms with E-state index in [4.69, 9.17) is 11.6 Å². The van der Waals surface area contributed by atoms with Gasteiger partial charge in [0.15, 0.2) is 0 Å². The van der Waals surface area contributed by atoms with E-state index in [1.54, 1.807) is 0 Å². The topological polar surface area (TPSA) is 0 Å². The minimum Gasteiger partial charge on any atom is -0.153 e. The molecule has 0 bridgehead atoms. The Hall–Kier alpha value is -0.400. The first kappa shape index (κ1) is 12.7. The standard InChI is InChI=1S/C13H17ClS/c1-11-7-12(2)9-13(8-11)10-15-6-4-3-5-14/h3-4,7-9H,5-6,10H2,1-2H3. The van der Waals surface area contributed by atoms with Crippen LogP contribution in [-0.4, -0.2) is 11.6 Å². The van der Waals surface area contributed by atoms with Crippen molar-refractivity contribution in [3.05, 3.63) is 47.0 Å². The van der Waals surface area contributed by atoms with Crippen LogP contribution >= 0.6 is 23.4 Å². The molecule has 0 nitrogen and oxygen atoms in total. The normalized spacial score (nSPS) is 11.1. The van der Waals surface area contributed by atoms with Gasteiger partial charge < -0.3 is 0 Å². The van der Waals surface area contributed by atoms with Gasteiger partial charge in [-0.15, -0.1) is 11.6 Å². The molecule has 0 aliphatic rings. The molecule has 0 aromatic heterocycles. The van der Waals surface area contributed by atoms with Gasteiger partial charge in [-0.1, -0.05) is 41.5 Å². The van der Waals surface area contributed by atoms with Gasteiger partial charge in [0.05, 0.1) is 0 Å². The van der Waals surface area contributed by atoms with Crippen LogP contribution in [0.3, 0.4) is 0 Å². The third-order valence-corrected chi connectivity index (χ3v) is 3.16. The maximum absolute atomic E-state index is 5.54. The molecule has 0 unspecified atom stereocenters. The van der Waals surface area contributed by atoms with Gasteiger partial charge >= 0.3 is 0 Å². The number of hydrogen-bond acceptors (Lipinski definition) is 1. The first-order chi connectivity index (χ1) is 7.22. The van der Waals surface area contributed by atoms with Crippen molar-refractivity contribution in [2.75, 3.05) is 11.6 Å². The molecule has 0 saturated carbocycles. The Labute approximate surface area is 102 Å². The highest BCUT2D eigenvalue weighted by atomic mass is 35.5. The van der Waals surface area contributed by atoms with Crippen molar-refractivity contribution in [2.24, 2.45) is 0 Å². The second kappa shape index (κ2) is 6.97. The highest BCUT2D eigenvalue weighted by Crippen LogP contribution is 2.15. The van der Waals surface area contributed by atoms with Crippen molar-refractivity contribution in [2.45, 2.75) is 19.6 Å². The summed E-state index contributed by atoms with van der Waals surface area (Å²) in [5.41, 5.74) is 4.11. The number of thioether (sulfide) groups is 1. The first-order valence-corrected chi connectivity index (χ1v) is 6.77. The SMILES string of the molecule is Cc1cc(C)cc(CSCC=CCCl)c1. The summed E-state index contributed by atoms with van der Waals surface area (Å²) < 4.78 is 0. The lowest BCUT2D eigenvalue weighted by Gasteiger charge is -2.03. The van der Waals surface area contributed by atoms with Crippen molar-refractivity contribution >= 4 is 23.4 Å². The molecule has 1 rings (SSSR count). The Morgan fingerprint density at radius 3 is 2.40 bits per heavy atom. The molecule has 0 fully saturated rings. The molecule has 0 aliphatic heterocycles. The Balaban J connectivity index is 2.40. The van der Waals surface area contributed by atoms with E-state index >= 15 is 0 Å². The fraction of sp³-hybridized carbons (Fsp3) is 0.385. The Morgan fingerprint density at radius 2 is 1.80 bits per heavy atom. The Bertz CT molecular complexity index is 311. The molecule has 0 radical (unpaired) electrons. The van der Waals surface area contributed by atoms with Crippen LogP contribution in [0.1, 0.15) is 16.7 Å². The van der Waals surface area contributed by atoms with Crippen molar-refractivity contribution < 1.29 is 0 Å². The van der Waals surface area contributed by atoms with Gasteiger partial charge in [-0.05, 0) is 19.4 Å². The smallest absolute Gasteiger partial charge is 0.0404 e. The van der Waals surface area contributed by atoms with Gasteiger partial charge in [0, 0.05) is 17.4 Å². The molecule has 2 heteroatoms. The minimum atomic E-state index is 0.615. The molecular weight excluding hydrogens is 224 g/mol. The predicted molar refractivity (Wildman–Crippen MR) is 71.9 cm³/mol. The second-order valence-corrected chi connectivity index (χ2v) is 4.98. The number of allylic oxidation sites excluding steroid dienone is 1. The quantitative estimate of drug-likeness (QED) is 0.419. The van der Waals surface area contributed by atoms with Gasteiger partial charge in [0.2, 0.25) is 0 Å². The van der Waals surface area contributed by atoms with Gasteiger partial charge in [-0.25, -0.2) is 0 Å². The maximum Gasteiger partial charge on any atom is 0.0404 e. The number of hydrogen-bond donors (Lipinski definition) is 0. The van der Waals surface area contributed by atoms with Crippen LogP contribution in [-0.2, 0) is 5.75 Å². The third-order valence-electron chi connectivity index (χ3n) is 2.02. The van der Waals surface area contributed by atoms with Crippen molar-refractivity contribution in [1.29, 1.82) is 0 Å². The van der Waals surface area contributed by atoms with Crippen molar-refractivity contribution in [3.8, 4) is 0 Å². The minimum absolute atomic E-state index is 0.615. The van der Waals surface area contributed by atoms with Gasteiger partial charge in [0.25, 0.3) is 0 Å². The number of halogens is 1. The maximum atomic E-state index is 5.54. The molecule has 0 amide bonds. The fourth-order valence-corrected chi connectivity index (χ4v) is 2.45. The van der Waals surface area contributed by atoms with E-state index in [0.717, 1.165) is 11.5 Å². The molecule has 1 aromatic rings. The molecular formula is C13H17ClS. The fourth-order valence-electron chi connectivity index (χ4n) is 1.53. The van der Waals surface area contributed by atoms with E-state index in [-0.39, 0.29) is 0 Å². The summed E-state index contributed by atoms with van der Waals surface area (Å²) in [6.45, 7) is 4.29. The molecule has 0 atom stereocenters. The summed E-state index contributed by atoms with van der Waals surface area (Å²) in [5.74, 6) is 2.74. The third kappa shape index (κ3) is 5.29. The van der Waals surface area contributed by atoms with E-state index in [9.17, 15) is 0 Å². The number of alkyl halides is 1. The summed E-state index contributed by atoms with van der Waals surface area (Å²) in [6, 6.07) is 6.72. The molecule has 0 aliphatic carbocycles. The van der Waals surface area contributed by atoms with Crippen LogP contribution in [0, 0.1) is 13.8 Å². The molecule has 0 heterocycles. The van der Waals surface area contributed by atoms with Crippen LogP contribution in [0.15, 0.2) is 30.4 Å². The zero-order valence-electron chi connectivity index (χ0n) is 9.29. The lowest BCUT2D eigenvalue weighted by atomic mass is 10.1. The van der Waals surface area contributed by atoms with Crippen LogP contribution in [0.25, 0.3) is 0 Å². The highest BCUT2D eigenvalue weighted by molar-refractivity contribution is 7.98. The summed E-state index contributed by atoms with van der Waals surface area (Å²) in [7, 11) is 0. The van der Waals surface area contributed by atoms with Crippen LogP contribution in [0.4, 0.5) is 0 Å². The molecule has 0 saturated heterocycles. The average molecular weight is 241 g/mol. The molecule has 82 valence electrons. The van der Waals surface area contributed by atoms with Gasteiger partial charge in [-0.2, -0.15) is 11.8 Å². The summed E-state index contributed by atoms with van der Waals surface area (Å²) in [4.78, 5) is 0. The zero-order valence-corrected chi connectivity index (χ0v) is 10.9. The van der Waals surface area contributed by atoms with E-state index in [1.807, 2.05) is 17.8 Å². The second-order valence-electron chi connectivity index (χ2n) is 3.64. The van der Waals surface area contributed by atoms with E-state index in [1.165, 1.54) is 16.7 Å². The van der Waals surface area contributed by atoms with Crippen LogP contribution in [0.5, 0.6) is 0 Å². The summed E-state index contributed by atoms with van der Waals surface area (Å²) in [6.07, 6.45) is 4.12. The monoisotopic (exact) mass is 240 g/mol. The number of rotatable bonds is 5. The summed E-state index contributed by atoms with van der Waals surface area (Å²) >= 11 is 7.46. The van der Waals surface area contributed by atoms with E-state index in [2.05, 4.69) is 38.1 Å². The largest absolute Gasteiger partial charge is 0.153 e. The molecule has 0 spiro atoms. The lowest BCUT2D eigenvalue weighted by molar-refractivity contribution is 1.30. The number of aryl methyl sites for hydroxylation is 2. The number of benzene rings is 1. The zero-order chi connectivity index (χ0) is 11.1. The Morgan fingerprint density at radius 1 is 1.13 bits per heavy atom. The van der Waals surface area contributed by atoms with E-state index < -0.39 is 0 Å². The van der Waals surface area contributed by atoms with Crippen LogP contribution in [0.2, 0.25) is 0 Å². The van der Waals surface area contributed by atoms with Gasteiger partial charge in [0.1, 0.15) is 0 Å². The van der Waals surface area contributed by atoms with Crippen molar-refractivity contribution in [3.63, 3.8) is 0 Å². The molecule has 0 N–H and O–H groups in total.